The standard InChI is InChI=1S/C21H25N3O5/c1-15(2)19(20(26)28-13-17-8-10-22-11-9-17)24-18(25)12-23-21(27)29-14-16-6-4-3-5-7-16/h3-11,15,19H,12-14H2,1-2H3,(H,23,27)(H,24,25)/t19-/m0/s1. The third-order valence-corrected chi connectivity index (χ3v) is 3.97. The van der Waals surface area contributed by atoms with Crippen molar-refractivity contribution in [1.29, 1.82) is 0 Å². The number of pyridine rings is 1. The van der Waals surface area contributed by atoms with Crippen LogP contribution in [-0.4, -0.2) is 35.5 Å². The van der Waals surface area contributed by atoms with Gasteiger partial charge >= 0.3 is 12.1 Å². The first kappa shape index (κ1) is 21.9. The molecule has 0 radical (unpaired) electrons. The Morgan fingerprint density at radius 1 is 0.931 bits per heavy atom. The van der Waals surface area contributed by atoms with Crippen LogP contribution in [0.4, 0.5) is 4.79 Å². The van der Waals surface area contributed by atoms with Crippen molar-refractivity contribution in [2.45, 2.75) is 33.1 Å². The average Bonchev–Trinajstić information content (AvgIpc) is 2.74. The molecule has 8 heteroatoms. The molecule has 0 saturated heterocycles. The summed E-state index contributed by atoms with van der Waals surface area (Å²) in [5, 5.41) is 4.95. The monoisotopic (exact) mass is 399 g/mol. The minimum absolute atomic E-state index is 0.0878. The van der Waals surface area contributed by atoms with Gasteiger partial charge in [0.15, 0.2) is 0 Å². The number of alkyl carbamates (subject to hydrolysis) is 1. The van der Waals surface area contributed by atoms with Gasteiger partial charge in [-0.25, -0.2) is 9.59 Å². The van der Waals surface area contributed by atoms with E-state index in [4.69, 9.17) is 9.47 Å². The molecule has 0 spiro atoms. The number of hydrogen-bond donors (Lipinski definition) is 2. The minimum atomic E-state index is -0.827. The quantitative estimate of drug-likeness (QED) is 0.626. The van der Waals surface area contributed by atoms with Gasteiger partial charge in [0.1, 0.15) is 25.8 Å². The molecule has 1 atom stereocenters. The molecule has 154 valence electrons. The van der Waals surface area contributed by atoms with Crippen LogP contribution in [0.3, 0.4) is 0 Å². The van der Waals surface area contributed by atoms with Crippen molar-refractivity contribution in [2.24, 2.45) is 5.92 Å². The Morgan fingerprint density at radius 2 is 1.55 bits per heavy atom. The van der Waals surface area contributed by atoms with Crippen LogP contribution in [0.2, 0.25) is 0 Å². The Kier molecular flexibility index (Phi) is 8.62. The maximum absolute atomic E-state index is 12.3. The van der Waals surface area contributed by atoms with E-state index in [2.05, 4.69) is 15.6 Å². The lowest BCUT2D eigenvalue weighted by Gasteiger charge is -2.21. The largest absolute Gasteiger partial charge is 0.459 e. The van der Waals surface area contributed by atoms with Crippen LogP contribution in [0.15, 0.2) is 54.9 Å². The highest BCUT2D eigenvalue weighted by Crippen LogP contribution is 2.07. The lowest BCUT2D eigenvalue weighted by Crippen LogP contribution is -2.48. The zero-order valence-electron chi connectivity index (χ0n) is 16.5. The number of nitrogens with one attached hydrogen (secondary N) is 2. The number of nitrogens with zero attached hydrogens (tertiary/aromatic N) is 1. The van der Waals surface area contributed by atoms with Crippen molar-refractivity contribution in [2.75, 3.05) is 6.54 Å². The maximum atomic E-state index is 12.3. The summed E-state index contributed by atoms with van der Waals surface area (Å²) in [5.41, 5.74) is 1.63. The third-order valence-electron chi connectivity index (χ3n) is 3.97. The summed E-state index contributed by atoms with van der Waals surface area (Å²) < 4.78 is 10.3. The Balaban J connectivity index is 1.74. The molecule has 0 bridgehead atoms. The molecule has 0 aliphatic heterocycles. The molecular weight excluding hydrogens is 374 g/mol. The van der Waals surface area contributed by atoms with Crippen LogP contribution >= 0.6 is 0 Å². The molecule has 0 aliphatic rings. The van der Waals surface area contributed by atoms with Gasteiger partial charge in [-0.2, -0.15) is 0 Å². The van der Waals surface area contributed by atoms with E-state index in [1.165, 1.54) is 0 Å². The summed E-state index contributed by atoms with van der Waals surface area (Å²) in [6, 6.07) is 11.8. The molecule has 0 fully saturated rings. The van der Waals surface area contributed by atoms with Gasteiger partial charge in [0.2, 0.25) is 5.91 Å². The Hall–Kier alpha value is -3.42. The van der Waals surface area contributed by atoms with Crippen molar-refractivity contribution < 1.29 is 23.9 Å². The number of esters is 1. The van der Waals surface area contributed by atoms with Crippen molar-refractivity contribution in [3.63, 3.8) is 0 Å². The first-order valence-corrected chi connectivity index (χ1v) is 9.25. The topological polar surface area (TPSA) is 107 Å². The fraction of sp³-hybridized carbons (Fsp3) is 0.333. The molecule has 2 aromatic rings. The highest BCUT2D eigenvalue weighted by atomic mass is 16.5. The number of rotatable bonds is 9. The summed E-state index contributed by atoms with van der Waals surface area (Å²) in [5.74, 6) is -1.24. The maximum Gasteiger partial charge on any atom is 0.407 e. The molecule has 2 rings (SSSR count). The van der Waals surface area contributed by atoms with E-state index in [0.29, 0.717) is 0 Å². The lowest BCUT2D eigenvalue weighted by atomic mass is 10.0. The number of carbonyl (C=O) groups is 3. The molecule has 0 aliphatic carbocycles. The number of aromatic nitrogens is 1. The zero-order valence-corrected chi connectivity index (χ0v) is 16.5. The molecule has 1 aromatic heterocycles. The number of benzene rings is 1. The first-order chi connectivity index (χ1) is 14.0. The molecule has 2 N–H and O–H groups in total. The number of hydrogen-bond acceptors (Lipinski definition) is 6. The van der Waals surface area contributed by atoms with Crippen LogP contribution in [-0.2, 0) is 32.3 Å². The number of carbonyl (C=O) groups excluding carboxylic acids is 3. The Morgan fingerprint density at radius 3 is 2.21 bits per heavy atom. The van der Waals surface area contributed by atoms with E-state index in [0.717, 1.165) is 11.1 Å². The van der Waals surface area contributed by atoms with Crippen LogP contribution in [0, 0.1) is 5.92 Å². The molecule has 0 saturated carbocycles. The summed E-state index contributed by atoms with van der Waals surface area (Å²) >= 11 is 0. The fourth-order valence-electron chi connectivity index (χ4n) is 2.37. The van der Waals surface area contributed by atoms with Crippen LogP contribution in [0.25, 0.3) is 0 Å². The van der Waals surface area contributed by atoms with Crippen LogP contribution in [0.5, 0.6) is 0 Å². The highest BCUT2D eigenvalue weighted by Gasteiger charge is 2.25. The predicted molar refractivity (Wildman–Crippen MR) is 105 cm³/mol. The molecule has 1 heterocycles. The second kappa shape index (κ2) is 11.4. The molecular formula is C21H25N3O5. The average molecular weight is 399 g/mol. The summed E-state index contributed by atoms with van der Waals surface area (Å²) in [4.78, 5) is 40.1. The first-order valence-electron chi connectivity index (χ1n) is 9.25. The van der Waals surface area contributed by atoms with E-state index in [1.54, 1.807) is 38.4 Å². The molecule has 8 nitrogen and oxygen atoms in total. The molecule has 0 unspecified atom stereocenters. The Labute approximate surface area is 169 Å². The fourth-order valence-corrected chi connectivity index (χ4v) is 2.37. The third kappa shape index (κ3) is 8.00. The molecule has 29 heavy (non-hydrogen) atoms. The second-order valence-corrected chi connectivity index (χ2v) is 6.67. The van der Waals surface area contributed by atoms with E-state index in [1.807, 2.05) is 30.3 Å². The lowest BCUT2D eigenvalue weighted by molar-refractivity contribution is -0.150. The van der Waals surface area contributed by atoms with Gasteiger partial charge < -0.3 is 20.1 Å². The zero-order chi connectivity index (χ0) is 21.1. The summed E-state index contributed by atoms with van der Waals surface area (Å²) in [7, 11) is 0. The van der Waals surface area contributed by atoms with E-state index in [9.17, 15) is 14.4 Å². The predicted octanol–water partition coefficient (Wildman–Crippen LogP) is 2.19. The van der Waals surface area contributed by atoms with Crippen molar-refractivity contribution >= 4 is 18.0 Å². The van der Waals surface area contributed by atoms with Crippen LogP contribution in [0.1, 0.15) is 25.0 Å². The second-order valence-electron chi connectivity index (χ2n) is 6.67. The minimum Gasteiger partial charge on any atom is -0.459 e. The van der Waals surface area contributed by atoms with Crippen molar-refractivity contribution in [3.05, 3.63) is 66.0 Å². The van der Waals surface area contributed by atoms with Gasteiger partial charge in [-0.1, -0.05) is 44.2 Å². The van der Waals surface area contributed by atoms with E-state index in [-0.39, 0.29) is 25.7 Å². The van der Waals surface area contributed by atoms with Crippen LogP contribution < -0.4 is 10.6 Å². The summed E-state index contributed by atoms with van der Waals surface area (Å²) in [6.45, 7) is 3.46. The van der Waals surface area contributed by atoms with Gasteiger partial charge in [0, 0.05) is 12.4 Å². The molecule has 2 amide bonds. The van der Waals surface area contributed by atoms with E-state index >= 15 is 0 Å². The van der Waals surface area contributed by atoms with Crippen molar-refractivity contribution in [3.8, 4) is 0 Å². The van der Waals surface area contributed by atoms with Gasteiger partial charge in [-0.05, 0) is 29.2 Å². The SMILES string of the molecule is CC(C)[C@H](NC(=O)CNC(=O)OCc1ccccc1)C(=O)OCc1ccncc1. The normalized spacial score (nSPS) is 11.4. The van der Waals surface area contributed by atoms with E-state index < -0.39 is 24.0 Å². The summed E-state index contributed by atoms with van der Waals surface area (Å²) in [6.07, 6.45) is 2.49. The van der Waals surface area contributed by atoms with Gasteiger partial charge in [-0.15, -0.1) is 0 Å². The van der Waals surface area contributed by atoms with Gasteiger partial charge in [0.05, 0.1) is 0 Å². The van der Waals surface area contributed by atoms with Gasteiger partial charge in [-0.3, -0.25) is 9.78 Å². The highest BCUT2D eigenvalue weighted by molar-refractivity contribution is 5.87. The smallest absolute Gasteiger partial charge is 0.407 e. The molecule has 1 aromatic carbocycles. The number of ether oxygens (including phenoxy) is 2. The number of amides is 2. The van der Waals surface area contributed by atoms with Gasteiger partial charge in [0.25, 0.3) is 0 Å². The van der Waals surface area contributed by atoms with Crippen molar-refractivity contribution in [1.82, 2.24) is 15.6 Å². The Bertz CT molecular complexity index is 796.